The topological polar surface area (TPSA) is 46.6 Å². The molecular formula is C22H20F3NO3. The van der Waals surface area contributed by atoms with Crippen molar-refractivity contribution in [3.8, 4) is 5.75 Å². The highest BCUT2D eigenvalue weighted by molar-refractivity contribution is 6.06. The highest BCUT2D eigenvalue weighted by Gasteiger charge is 2.30. The second kappa shape index (κ2) is 8.94. The summed E-state index contributed by atoms with van der Waals surface area (Å²) in [6, 6.07) is 11.0. The number of alkyl halides is 3. The van der Waals surface area contributed by atoms with Gasteiger partial charge < -0.3 is 9.64 Å². The zero-order valence-corrected chi connectivity index (χ0v) is 15.6. The molecule has 0 unspecified atom stereocenters. The standard InChI is InChI=1S/C22H20F3NO3/c23-22(24,25)18-5-3-4-16(14-18)6-11-20(27)17-7-9-19(10-8-17)29-15-21(28)26-12-1-2-13-26/h3-11,14H,1-2,12-13,15H2/b11-6+. The van der Waals surface area contributed by atoms with Gasteiger partial charge in [0.15, 0.2) is 12.4 Å². The summed E-state index contributed by atoms with van der Waals surface area (Å²) >= 11 is 0. The number of nitrogens with zero attached hydrogens (tertiary/aromatic N) is 1. The number of hydrogen-bond donors (Lipinski definition) is 0. The predicted molar refractivity (Wildman–Crippen MR) is 103 cm³/mol. The summed E-state index contributed by atoms with van der Waals surface area (Å²) in [7, 11) is 0. The lowest BCUT2D eigenvalue weighted by Crippen LogP contribution is -2.32. The maximum absolute atomic E-state index is 12.7. The third-order valence-corrected chi connectivity index (χ3v) is 4.60. The summed E-state index contributed by atoms with van der Waals surface area (Å²) in [4.78, 5) is 26.0. The van der Waals surface area contributed by atoms with Gasteiger partial charge in [-0.1, -0.05) is 18.2 Å². The Labute approximate surface area is 166 Å². The molecule has 1 heterocycles. The highest BCUT2D eigenvalue weighted by Crippen LogP contribution is 2.29. The van der Waals surface area contributed by atoms with Crippen molar-refractivity contribution in [1.82, 2.24) is 4.90 Å². The molecule has 0 N–H and O–H groups in total. The Hall–Kier alpha value is -3.09. The second-order valence-electron chi connectivity index (χ2n) is 6.72. The van der Waals surface area contributed by atoms with Crippen molar-refractivity contribution < 1.29 is 27.5 Å². The lowest BCUT2D eigenvalue weighted by Gasteiger charge is -2.15. The van der Waals surface area contributed by atoms with Gasteiger partial charge >= 0.3 is 6.18 Å². The molecule has 0 saturated carbocycles. The van der Waals surface area contributed by atoms with Gasteiger partial charge in [-0.05, 0) is 60.9 Å². The van der Waals surface area contributed by atoms with E-state index in [9.17, 15) is 22.8 Å². The number of halogens is 3. The van der Waals surface area contributed by atoms with Gasteiger partial charge in [0, 0.05) is 18.7 Å². The number of ketones is 1. The second-order valence-corrected chi connectivity index (χ2v) is 6.72. The minimum absolute atomic E-state index is 0.0528. The van der Waals surface area contributed by atoms with Gasteiger partial charge in [0.05, 0.1) is 5.56 Å². The highest BCUT2D eigenvalue weighted by atomic mass is 19.4. The number of carbonyl (C=O) groups excluding carboxylic acids is 2. The van der Waals surface area contributed by atoms with Gasteiger partial charge in [-0.15, -0.1) is 0 Å². The fraction of sp³-hybridized carbons (Fsp3) is 0.273. The van der Waals surface area contributed by atoms with Crippen LogP contribution in [0.1, 0.15) is 34.3 Å². The summed E-state index contributed by atoms with van der Waals surface area (Å²) in [5.74, 6) is 0.0599. The van der Waals surface area contributed by atoms with Crippen LogP contribution >= 0.6 is 0 Å². The fourth-order valence-corrected chi connectivity index (χ4v) is 3.01. The number of rotatable bonds is 6. The van der Waals surface area contributed by atoms with E-state index >= 15 is 0 Å². The Morgan fingerprint density at radius 2 is 1.72 bits per heavy atom. The Morgan fingerprint density at radius 1 is 1.03 bits per heavy atom. The average Bonchev–Trinajstić information content (AvgIpc) is 3.25. The van der Waals surface area contributed by atoms with Gasteiger partial charge in [0.1, 0.15) is 5.75 Å². The van der Waals surface area contributed by atoms with Crippen LogP contribution in [0.15, 0.2) is 54.6 Å². The summed E-state index contributed by atoms with van der Waals surface area (Å²) in [5.41, 5.74) is -0.114. The number of likely N-dealkylation sites (tertiary alicyclic amines) is 1. The Morgan fingerprint density at radius 3 is 2.38 bits per heavy atom. The maximum atomic E-state index is 12.7. The van der Waals surface area contributed by atoms with E-state index in [2.05, 4.69) is 0 Å². The SMILES string of the molecule is O=C(/C=C/c1cccc(C(F)(F)F)c1)c1ccc(OCC(=O)N2CCCC2)cc1. The first-order chi connectivity index (χ1) is 13.8. The first kappa shape index (κ1) is 20.6. The third kappa shape index (κ3) is 5.70. The van der Waals surface area contributed by atoms with Crippen LogP contribution in [0.5, 0.6) is 5.75 Å². The normalized spacial score (nSPS) is 14.4. The molecule has 4 nitrogen and oxygen atoms in total. The van der Waals surface area contributed by atoms with Crippen LogP contribution in [0, 0.1) is 0 Å². The predicted octanol–water partition coefficient (Wildman–Crippen LogP) is 4.60. The van der Waals surface area contributed by atoms with E-state index in [0.717, 1.165) is 38.1 Å². The van der Waals surface area contributed by atoms with E-state index in [1.54, 1.807) is 29.2 Å². The molecule has 0 bridgehead atoms. The van der Waals surface area contributed by atoms with E-state index < -0.39 is 11.7 Å². The van der Waals surface area contributed by atoms with Crippen molar-refractivity contribution in [3.05, 3.63) is 71.3 Å². The van der Waals surface area contributed by atoms with E-state index in [0.29, 0.717) is 11.3 Å². The third-order valence-electron chi connectivity index (χ3n) is 4.60. The average molecular weight is 403 g/mol. The number of carbonyl (C=O) groups is 2. The van der Waals surface area contributed by atoms with Crippen LogP contribution in [0.2, 0.25) is 0 Å². The van der Waals surface area contributed by atoms with E-state index in [1.807, 2.05) is 0 Å². The van der Waals surface area contributed by atoms with Crippen molar-refractivity contribution in [2.75, 3.05) is 19.7 Å². The molecule has 1 amide bonds. The number of ether oxygens (including phenoxy) is 1. The molecule has 0 aromatic heterocycles. The molecule has 1 saturated heterocycles. The minimum Gasteiger partial charge on any atom is -0.484 e. The van der Waals surface area contributed by atoms with Gasteiger partial charge in [-0.25, -0.2) is 0 Å². The monoisotopic (exact) mass is 403 g/mol. The molecule has 152 valence electrons. The lowest BCUT2D eigenvalue weighted by atomic mass is 10.1. The molecule has 29 heavy (non-hydrogen) atoms. The summed E-state index contributed by atoms with van der Waals surface area (Å²) < 4.78 is 43.7. The quantitative estimate of drug-likeness (QED) is 0.523. The van der Waals surface area contributed by atoms with Crippen molar-refractivity contribution >= 4 is 17.8 Å². The maximum Gasteiger partial charge on any atom is 0.416 e. The van der Waals surface area contributed by atoms with Gasteiger partial charge in [-0.3, -0.25) is 9.59 Å². The molecule has 0 atom stereocenters. The molecule has 1 fully saturated rings. The Balaban J connectivity index is 1.57. The Bertz CT molecular complexity index is 898. The lowest BCUT2D eigenvalue weighted by molar-refractivity contribution is -0.137. The van der Waals surface area contributed by atoms with Crippen LogP contribution < -0.4 is 4.74 Å². The van der Waals surface area contributed by atoms with E-state index in [1.165, 1.54) is 24.3 Å². The number of hydrogen-bond acceptors (Lipinski definition) is 3. The van der Waals surface area contributed by atoms with Gasteiger partial charge in [0.2, 0.25) is 0 Å². The smallest absolute Gasteiger partial charge is 0.416 e. The first-order valence-corrected chi connectivity index (χ1v) is 9.23. The van der Waals surface area contributed by atoms with Gasteiger partial charge in [-0.2, -0.15) is 13.2 Å². The molecule has 2 aromatic carbocycles. The molecule has 2 aromatic rings. The zero-order chi connectivity index (χ0) is 20.9. The molecule has 0 spiro atoms. The van der Waals surface area contributed by atoms with Gasteiger partial charge in [0.25, 0.3) is 5.91 Å². The molecule has 7 heteroatoms. The largest absolute Gasteiger partial charge is 0.484 e. The van der Waals surface area contributed by atoms with Crippen molar-refractivity contribution in [2.24, 2.45) is 0 Å². The van der Waals surface area contributed by atoms with Crippen LogP contribution in [0.4, 0.5) is 13.2 Å². The van der Waals surface area contributed by atoms with Crippen molar-refractivity contribution in [2.45, 2.75) is 19.0 Å². The number of amides is 1. The van der Waals surface area contributed by atoms with Crippen LogP contribution in [0.3, 0.4) is 0 Å². The molecule has 0 radical (unpaired) electrons. The Kier molecular flexibility index (Phi) is 6.36. The summed E-state index contributed by atoms with van der Waals surface area (Å²) in [6.07, 6.45) is 0.159. The van der Waals surface area contributed by atoms with Crippen LogP contribution in [-0.2, 0) is 11.0 Å². The molecular weight excluding hydrogens is 383 g/mol. The number of allylic oxidation sites excluding steroid dienone is 1. The molecule has 1 aliphatic rings. The van der Waals surface area contributed by atoms with Crippen molar-refractivity contribution in [1.29, 1.82) is 0 Å². The first-order valence-electron chi connectivity index (χ1n) is 9.23. The van der Waals surface area contributed by atoms with Crippen LogP contribution in [0.25, 0.3) is 6.08 Å². The minimum atomic E-state index is -4.43. The van der Waals surface area contributed by atoms with E-state index in [4.69, 9.17) is 4.74 Å². The summed E-state index contributed by atoms with van der Waals surface area (Å²) in [5, 5.41) is 0. The molecule has 3 rings (SSSR count). The van der Waals surface area contributed by atoms with Crippen molar-refractivity contribution in [3.63, 3.8) is 0 Å². The molecule has 0 aliphatic carbocycles. The van der Waals surface area contributed by atoms with Crippen LogP contribution in [-0.4, -0.2) is 36.3 Å². The van der Waals surface area contributed by atoms with E-state index in [-0.39, 0.29) is 23.9 Å². The zero-order valence-electron chi connectivity index (χ0n) is 15.6. The molecule has 1 aliphatic heterocycles. The number of benzene rings is 2. The summed E-state index contributed by atoms with van der Waals surface area (Å²) in [6.45, 7) is 1.46. The fourth-order valence-electron chi connectivity index (χ4n) is 3.01.